The Kier molecular flexibility index (Phi) is 6.12. The fraction of sp³-hybridized carbons (Fsp3) is 0.533. The molecule has 0 aromatic heterocycles. The predicted molar refractivity (Wildman–Crippen MR) is 83.2 cm³/mol. The second-order valence-electron chi connectivity index (χ2n) is 6.48. The molecule has 1 aromatic rings. The van der Waals surface area contributed by atoms with Crippen LogP contribution in [0.3, 0.4) is 0 Å². The molecule has 0 heterocycles. The number of anilines is 1. The van der Waals surface area contributed by atoms with Crippen molar-refractivity contribution in [2.24, 2.45) is 4.99 Å². The lowest BCUT2D eigenvalue weighted by Gasteiger charge is -2.35. The van der Waals surface area contributed by atoms with Gasteiger partial charge in [-0.25, -0.2) is 0 Å². The molecule has 0 aliphatic rings. The van der Waals surface area contributed by atoms with Crippen LogP contribution in [0, 0.1) is 0 Å². The van der Waals surface area contributed by atoms with E-state index < -0.39 is 35.3 Å². The third-order valence-corrected chi connectivity index (χ3v) is 3.25. The van der Waals surface area contributed by atoms with E-state index in [0.717, 1.165) is 45.0 Å². The highest BCUT2D eigenvalue weighted by Gasteiger charge is 2.83. The molecule has 12 heteroatoms. The molecule has 0 spiro atoms. The van der Waals surface area contributed by atoms with E-state index in [2.05, 4.69) is 4.99 Å². The maximum Gasteiger partial charge on any atom is 0.460 e. The van der Waals surface area contributed by atoms with E-state index in [9.17, 15) is 39.5 Å². The summed E-state index contributed by atoms with van der Waals surface area (Å²) in [5, 5.41) is 1.83. The summed E-state index contributed by atoms with van der Waals surface area (Å²) >= 11 is 5.58. The molecule has 0 radical (unpaired) electrons. The van der Waals surface area contributed by atoms with Gasteiger partial charge in [0.25, 0.3) is 0 Å². The van der Waals surface area contributed by atoms with E-state index in [-0.39, 0.29) is 10.7 Å². The standard InChI is InChI=1S/C15H14ClF9N2/c1-11(2,3)27-10(26-9-6-4-8(16)5-7-9)12(17,18)13(19,20)14(21,22)15(23,24)25/h4-7H,1-3H3,(H,26,27). The van der Waals surface area contributed by atoms with Crippen LogP contribution in [-0.4, -0.2) is 35.3 Å². The van der Waals surface area contributed by atoms with Gasteiger partial charge in [-0.2, -0.15) is 39.5 Å². The van der Waals surface area contributed by atoms with Gasteiger partial charge < -0.3 is 5.32 Å². The van der Waals surface area contributed by atoms with Crippen molar-refractivity contribution in [3.63, 3.8) is 0 Å². The molecule has 0 unspecified atom stereocenters. The van der Waals surface area contributed by atoms with Crippen LogP contribution in [-0.2, 0) is 0 Å². The van der Waals surface area contributed by atoms with E-state index in [4.69, 9.17) is 11.6 Å². The molecule has 154 valence electrons. The lowest BCUT2D eigenvalue weighted by atomic mass is 10.0. The average molecular weight is 429 g/mol. The van der Waals surface area contributed by atoms with Crippen molar-refractivity contribution >= 4 is 23.1 Å². The lowest BCUT2D eigenvalue weighted by molar-refractivity contribution is -0.384. The molecule has 1 N–H and O–H groups in total. The first kappa shape index (κ1) is 23.4. The van der Waals surface area contributed by atoms with Crippen LogP contribution < -0.4 is 5.32 Å². The predicted octanol–water partition coefficient (Wildman–Crippen LogP) is 6.42. The number of aliphatic imine (C=N–C) groups is 1. The molecule has 0 saturated carbocycles. The number of rotatable bonds is 4. The number of hydrogen-bond acceptors (Lipinski definition) is 1. The average Bonchev–Trinajstić information content (AvgIpc) is 2.45. The van der Waals surface area contributed by atoms with E-state index >= 15 is 0 Å². The first-order valence-corrected chi connectivity index (χ1v) is 7.54. The molecule has 0 aliphatic heterocycles. The van der Waals surface area contributed by atoms with Gasteiger partial charge in [-0.15, -0.1) is 0 Å². The first-order valence-electron chi connectivity index (χ1n) is 7.16. The highest BCUT2D eigenvalue weighted by Crippen LogP contribution is 2.53. The summed E-state index contributed by atoms with van der Waals surface area (Å²) < 4.78 is 119. The number of amidine groups is 1. The molecule has 0 bridgehead atoms. The summed E-state index contributed by atoms with van der Waals surface area (Å²) in [6.45, 7) is 3.48. The zero-order chi connectivity index (χ0) is 21.5. The first-order chi connectivity index (χ1) is 11.8. The molecule has 1 aromatic carbocycles. The smallest absolute Gasteiger partial charge is 0.339 e. The fourth-order valence-electron chi connectivity index (χ4n) is 1.71. The van der Waals surface area contributed by atoms with Gasteiger partial charge in [-0.1, -0.05) is 11.6 Å². The second kappa shape index (κ2) is 7.06. The summed E-state index contributed by atoms with van der Waals surface area (Å²) in [6.07, 6.45) is -6.91. The number of hydrogen-bond donors (Lipinski definition) is 1. The van der Waals surface area contributed by atoms with Crippen molar-refractivity contribution in [3.05, 3.63) is 29.3 Å². The van der Waals surface area contributed by atoms with Gasteiger partial charge in [-0.3, -0.25) is 4.99 Å². The Hall–Kier alpha value is -1.65. The quantitative estimate of drug-likeness (QED) is 0.334. The topological polar surface area (TPSA) is 24.4 Å². The molecular formula is C15H14ClF9N2. The van der Waals surface area contributed by atoms with Crippen molar-refractivity contribution in [2.45, 2.75) is 50.3 Å². The maximum atomic E-state index is 14.2. The zero-order valence-corrected chi connectivity index (χ0v) is 14.8. The fourth-order valence-corrected chi connectivity index (χ4v) is 1.83. The molecule has 0 amide bonds. The minimum Gasteiger partial charge on any atom is -0.339 e. The molecule has 0 saturated heterocycles. The number of halogens is 10. The van der Waals surface area contributed by atoms with Crippen LogP contribution in [0.1, 0.15) is 20.8 Å². The van der Waals surface area contributed by atoms with Crippen LogP contribution in [0.15, 0.2) is 29.3 Å². The van der Waals surface area contributed by atoms with Gasteiger partial charge in [0.1, 0.15) is 0 Å². The Morgan fingerprint density at radius 2 is 1.26 bits per heavy atom. The number of nitrogens with one attached hydrogen (secondary N) is 1. The van der Waals surface area contributed by atoms with Crippen molar-refractivity contribution in [3.8, 4) is 0 Å². The zero-order valence-electron chi connectivity index (χ0n) is 14.0. The highest BCUT2D eigenvalue weighted by atomic mass is 35.5. The highest BCUT2D eigenvalue weighted by molar-refractivity contribution is 6.30. The molecule has 1 rings (SSSR count). The van der Waals surface area contributed by atoms with Crippen molar-refractivity contribution < 1.29 is 39.5 Å². The SMILES string of the molecule is CC(C)(C)N=C(Nc1ccc(Cl)cc1)C(F)(F)C(F)(F)C(F)(F)C(F)(F)F. The summed E-state index contributed by atoms with van der Waals surface area (Å²) in [6, 6.07) is 4.35. The molecule has 27 heavy (non-hydrogen) atoms. The molecule has 2 nitrogen and oxygen atoms in total. The largest absolute Gasteiger partial charge is 0.460 e. The molecule has 0 aliphatic carbocycles. The van der Waals surface area contributed by atoms with Gasteiger partial charge in [0.2, 0.25) is 0 Å². The van der Waals surface area contributed by atoms with E-state index in [1.807, 2.05) is 0 Å². The van der Waals surface area contributed by atoms with Gasteiger partial charge in [0.05, 0.1) is 5.54 Å². The van der Waals surface area contributed by atoms with Crippen LogP contribution in [0.2, 0.25) is 5.02 Å². The van der Waals surface area contributed by atoms with Gasteiger partial charge >= 0.3 is 23.9 Å². The Balaban J connectivity index is 3.51. The van der Waals surface area contributed by atoms with Crippen molar-refractivity contribution in [1.29, 1.82) is 0 Å². The van der Waals surface area contributed by atoms with E-state index in [1.54, 1.807) is 5.32 Å². The van der Waals surface area contributed by atoms with Crippen molar-refractivity contribution in [2.75, 3.05) is 5.32 Å². The Morgan fingerprint density at radius 1 is 0.815 bits per heavy atom. The third kappa shape index (κ3) is 4.80. The minimum absolute atomic E-state index is 0.135. The second-order valence-corrected chi connectivity index (χ2v) is 6.92. The monoisotopic (exact) mass is 428 g/mol. The van der Waals surface area contributed by atoms with Gasteiger partial charge in [0, 0.05) is 10.7 Å². The molecule has 0 atom stereocenters. The Bertz CT molecular complexity index is 689. The third-order valence-electron chi connectivity index (χ3n) is 3.00. The summed E-state index contributed by atoms with van der Waals surface area (Å²) in [5.74, 6) is -21.9. The van der Waals surface area contributed by atoms with E-state index in [0.29, 0.717) is 0 Å². The van der Waals surface area contributed by atoms with Gasteiger partial charge in [0.15, 0.2) is 5.84 Å². The number of benzene rings is 1. The van der Waals surface area contributed by atoms with Gasteiger partial charge in [-0.05, 0) is 45.0 Å². The lowest BCUT2D eigenvalue weighted by Crippen LogP contribution is -2.64. The Labute approximate surface area is 153 Å². The van der Waals surface area contributed by atoms with Crippen LogP contribution in [0.4, 0.5) is 45.2 Å². The summed E-state index contributed by atoms with van der Waals surface area (Å²) in [7, 11) is 0. The normalized spacial score (nSPS) is 15.1. The number of nitrogens with zero attached hydrogens (tertiary/aromatic N) is 1. The molecule has 0 fully saturated rings. The van der Waals surface area contributed by atoms with E-state index in [1.165, 1.54) is 0 Å². The van der Waals surface area contributed by atoms with Crippen LogP contribution >= 0.6 is 11.6 Å². The minimum atomic E-state index is -7.01. The molecular weight excluding hydrogens is 415 g/mol. The summed E-state index contributed by atoms with van der Waals surface area (Å²) in [5.41, 5.74) is -1.84. The number of alkyl halides is 9. The van der Waals surface area contributed by atoms with Crippen LogP contribution in [0.5, 0.6) is 0 Å². The van der Waals surface area contributed by atoms with Crippen LogP contribution in [0.25, 0.3) is 0 Å². The van der Waals surface area contributed by atoms with Crippen molar-refractivity contribution in [1.82, 2.24) is 0 Å². The maximum absolute atomic E-state index is 14.2. The Morgan fingerprint density at radius 3 is 1.63 bits per heavy atom. The summed E-state index contributed by atoms with van der Waals surface area (Å²) in [4.78, 5) is 3.20.